The molecule has 0 aliphatic rings. The highest BCUT2D eigenvalue weighted by molar-refractivity contribution is 6.31. The zero-order chi connectivity index (χ0) is 26.0. The zero-order valence-corrected chi connectivity index (χ0v) is 20.3. The van der Waals surface area contributed by atoms with E-state index in [2.05, 4.69) is 30.4 Å². The van der Waals surface area contributed by atoms with Gasteiger partial charge in [-0.3, -0.25) is 4.79 Å². The van der Waals surface area contributed by atoms with Crippen LogP contribution in [-0.2, 0) is 4.74 Å². The molecule has 13 heteroatoms. The summed E-state index contributed by atoms with van der Waals surface area (Å²) in [7, 11) is 0. The molecular formula is C22H26ClF3N6O3. The van der Waals surface area contributed by atoms with Gasteiger partial charge in [-0.1, -0.05) is 11.6 Å². The molecule has 35 heavy (non-hydrogen) atoms. The number of alkyl halides is 3. The minimum atomic E-state index is -2.99. The summed E-state index contributed by atoms with van der Waals surface area (Å²) in [5.74, 6) is -0.400. The Balaban J connectivity index is 1.93. The molecule has 0 saturated carbocycles. The molecule has 3 N–H and O–H groups in total. The summed E-state index contributed by atoms with van der Waals surface area (Å²) in [5.41, 5.74) is -2.24. The van der Waals surface area contributed by atoms with Gasteiger partial charge in [0.15, 0.2) is 11.5 Å². The van der Waals surface area contributed by atoms with Crippen LogP contribution in [-0.4, -0.2) is 67.8 Å². The minimum Gasteiger partial charge on any atom is -0.387 e. The van der Waals surface area contributed by atoms with Crippen molar-refractivity contribution >= 4 is 34.2 Å². The summed E-state index contributed by atoms with van der Waals surface area (Å²) in [6.45, 7) is 1.96. The molecule has 190 valence electrons. The second-order valence-corrected chi connectivity index (χ2v) is 9.47. The molecule has 3 aromatic heterocycles. The molecule has 9 nitrogen and oxygen atoms in total. The van der Waals surface area contributed by atoms with Crippen LogP contribution in [0.2, 0.25) is 5.02 Å². The third-order valence-corrected chi connectivity index (χ3v) is 5.25. The van der Waals surface area contributed by atoms with Crippen LogP contribution in [0.15, 0.2) is 30.7 Å². The van der Waals surface area contributed by atoms with Crippen molar-refractivity contribution in [3.8, 4) is 5.82 Å². The minimum absolute atomic E-state index is 0.0250. The van der Waals surface area contributed by atoms with Gasteiger partial charge in [0.05, 0.1) is 40.2 Å². The maximum atomic E-state index is 14.1. The third kappa shape index (κ3) is 6.80. The zero-order valence-electron chi connectivity index (χ0n) is 19.5. The van der Waals surface area contributed by atoms with Gasteiger partial charge in [-0.05, 0) is 33.8 Å². The number of carbonyl (C=O) groups excluding carboxylic acids is 1. The van der Waals surface area contributed by atoms with E-state index < -0.39 is 36.4 Å². The number of ether oxygens (including phenoxy) is 1. The number of rotatable bonds is 10. The fraction of sp³-hybridized carbons (Fsp3) is 0.455. The predicted molar refractivity (Wildman–Crippen MR) is 125 cm³/mol. The first-order valence-corrected chi connectivity index (χ1v) is 11.0. The van der Waals surface area contributed by atoms with Crippen LogP contribution in [0.3, 0.4) is 0 Å². The molecule has 1 amide bonds. The average Bonchev–Trinajstić information content (AvgIpc) is 3.17. The first-order valence-electron chi connectivity index (χ1n) is 10.6. The van der Waals surface area contributed by atoms with Crippen LogP contribution >= 0.6 is 11.6 Å². The van der Waals surface area contributed by atoms with Crippen molar-refractivity contribution in [3.05, 3.63) is 41.3 Å². The average molecular weight is 515 g/mol. The highest BCUT2D eigenvalue weighted by Crippen LogP contribution is 2.24. The maximum absolute atomic E-state index is 14.1. The molecule has 0 saturated heterocycles. The highest BCUT2D eigenvalue weighted by Gasteiger charge is 2.28. The number of halogens is 4. The number of pyridine rings is 2. The second-order valence-electron chi connectivity index (χ2n) is 9.03. The lowest BCUT2D eigenvalue weighted by Gasteiger charge is -2.26. The summed E-state index contributed by atoms with van der Waals surface area (Å²) in [6.07, 6.45) is 2.51. The van der Waals surface area contributed by atoms with Gasteiger partial charge in [0.1, 0.15) is 6.17 Å². The quantitative estimate of drug-likeness (QED) is 0.377. The van der Waals surface area contributed by atoms with E-state index >= 15 is 0 Å². The van der Waals surface area contributed by atoms with Gasteiger partial charge in [0.25, 0.3) is 5.91 Å². The summed E-state index contributed by atoms with van der Waals surface area (Å²) < 4.78 is 45.7. The fourth-order valence-electron chi connectivity index (χ4n) is 3.07. The number of hydrogen-bond acceptors (Lipinski definition) is 7. The van der Waals surface area contributed by atoms with Crippen molar-refractivity contribution in [3.63, 3.8) is 0 Å². The van der Waals surface area contributed by atoms with E-state index in [0.717, 1.165) is 0 Å². The lowest BCUT2D eigenvalue weighted by molar-refractivity contribution is -0.191. The standard InChI is InChI=1S/C22H26ClF3N6O3/c1-21(2,35-20(25)26)11-30-15-6-17(32-18-12(7-31-32)5-13(23)8-28-18)27-9-14(15)19(33)29-10-16(24)22(3,4)34/h5-9,16,20,34H,10-11H2,1-4H3,(H,27,30)(H,29,33)/t16-/m1/s1. The van der Waals surface area contributed by atoms with Gasteiger partial charge in [0, 0.05) is 30.4 Å². The molecule has 3 rings (SSSR count). The van der Waals surface area contributed by atoms with Crippen LogP contribution in [0.4, 0.5) is 18.9 Å². The molecule has 0 radical (unpaired) electrons. The monoisotopic (exact) mass is 514 g/mol. The van der Waals surface area contributed by atoms with E-state index in [1.54, 1.807) is 12.3 Å². The molecule has 0 aliphatic carbocycles. The Kier molecular flexibility index (Phi) is 7.87. The van der Waals surface area contributed by atoms with Crippen molar-refractivity contribution in [1.82, 2.24) is 25.1 Å². The number of carbonyl (C=O) groups is 1. The number of fused-ring (bicyclic) bond motifs is 1. The third-order valence-electron chi connectivity index (χ3n) is 5.05. The van der Waals surface area contributed by atoms with E-state index in [9.17, 15) is 23.1 Å². The first-order chi connectivity index (χ1) is 16.3. The van der Waals surface area contributed by atoms with Crippen molar-refractivity contribution in [2.45, 2.75) is 51.7 Å². The molecule has 0 spiro atoms. The van der Waals surface area contributed by atoms with Crippen LogP contribution in [0, 0.1) is 0 Å². The number of anilines is 1. The highest BCUT2D eigenvalue weighted by atomic mass is 35.5. The molecular weight excluding hydrogens is 489 g/mol. The fourth-order valence-corrected chi connectivity index (χ4v) is 3.23. The summed E-state index contributed by atoms with van der Waals surface area (Å²) in [6, 6.07) is 3.16. The summed E-state index contributed by atoms with van der Waals surface area (Å²) >= 11 is 5.98. The lowest BCUT2D eigenvalue weighted by atomic mass is 10.0. The topological polar surface area (TPSA) is 114 Å². The molecule has 0 aromatic carbocycles. The number of hydrogen-bond donors (Lipinski definition) is 3. The van der Waals surface area contributed by atoms with Gasteiger partial charge >= 0.3 is 6.61 Å². The normalized spacial score (nSPS) is 13.3. The van der Waals surface area contributed by atoms with Crippen molar-refractivity contribution in [1.29, 1.82) is 0 Å². The Hall–Kier alpha value is -2.96. The van der Waals surface area contributed by atoms with Crippen LogP contribution in [0.5, 0.6) is 0 Å². The molecule has 0 aliphatic heterocycles. The van der Waals surface area contributed by atoms with Gasteiger partial charge in [-0.15, -0.1) is 0 Å². The maximum Gasteiger partial charge on any atom is 0.345 e. The Labute approximate surface area is 204 Å². The van der Waals surface area contributed by atoms with E-state index in [0.29, 0.717) is 16.1 Å². The molecule has 3 aromatic rings. The predicted octanol–water partition coefficient (Wildman–Crippen LogP) is 3.74. The SMILES string of the molecule is CC(C)(CNc1cc(-n2ncc3cc(Cl)cnc32)ncc1C(=O)NC[C@@H](F)C(C)(C)O)OC(F)F. The smallest absolute Gasteiger partial charge is 0.345 e. The van der Waals surface area contributed by atoms with Gasteiger partial charge in [0.2, 0.25) is 0 Å². The molecule has 1 atom stereocenters. The first kappa shape index (κ1) is 26.6. The Morgan fingerprint density at radius 2 is 1.89 bits per heavy atom. The van der Waals surface area contributed by atoms with E-state index in [4.69, 9.17) is 11.6 Å². The van der Waals surface area contributed by atoms with Crippen LogP contribution < -0.4 is 10.6 Å². The van der Waals surface area contributed by atoms with Gasteiger partial charge < -0.3 is 20.5 Å². The number of aromatic nitrogens is 4. The molecule has 0 fully saturated rings. The summed E-state index contributed by atoms with van der Waals surface area (Å²) in [4.78, 5) is 21.3. The number of aliphatic hydroxyl groups is 1. The largest absolute Gasteiger partial charge is 0.387 e. The second kappa shape index (κ2) is 10.3. The Bertz CT molecular complexity index is 1200. The molecule has 3 heterocycles. The number of nitrogens with zero attached hydrogens (tertiary/aromatic N) is 4. The van der Waals surface area contributed by atoms with Gasteiger partial charge in [-0.25, -0.2) is 14.4 Å². The van der Waals surface area contributed by atoms with E-state index in [1.165, 1.54) is 50.8 Å². The van der Waals surface area contributed by atoms with Crippen molar-refractivity contribution in [2.24, 2.45) is 0 Å². The van der Waals surface area contributed by atoms with E-state index in [-0.39, 0.29) is 23.6 Å². The molecule has 0 bridgehead atoms. The Morgan fingerprint density at radius 3 is 2.54 bits per heavy atom. The molecule has 0 unspecified atom stereocenters. The van der Waals surface area contributed by atoms with Crippen molar-refractivity contribution < 1.29 is 27.8 Å². The summed E-state index contributed by atoms with van der Waals surface area (Å²) in [5, 5.41) is 20.5. The van der Waals surface area contributed by atoms with E-state index in [1.807, 2.05) is 0 Å². The van der Waals surface area contributed by atoms with Crippen LogP contribution in [0.1, 0.15) is 38.1 Å². The number of amides is 1. The van der Waals surface area contributed by atoms with Crippen molar-refractivity contribution in [2.75, 3.05) is 18.4 Å². The van der Waals surface area contributed by atoms with Gasteiger partial charge in [-0.2, -0.15) is 18.6 Å². The Morgan fingerprint density at radius 1 is 1.17 bits per heavy atom. The lowest BCUT2D eigenvalue weighted by Crippen LogP contribution is -2.42. The number of nitrogens with one attached hydrogen (secondary N) is 2. The van der Waals surface area contributed by atoms with Crippen LogP contribution in [0.25, 0.3) is 16.9 Å².